The molecule has 6 rings (SSSR count). The lowest BCUT2D eigenvalue weighted by Crippen LogP contribution is -2.48. The van der Waals surface area contributed by atoms with E-state index in [1.54, 1.807) is 0 Å². The fourth-order valence-corrected chi connectivity index (χ4v) is 5.56. The van der Waals surface area contributed by atoms with Crippen molar-refractivity contribution in [1.82, 2.24) is 14.6 Å². The van der Waals surface area contributed by atoms with E-state index >= 15 is 0 Å². The van der Waals surface area contributed by atoms with E-state index in [-0.39, 0.29) is 18.1 Å². The SMILES string of the molecule is Cc1noc(C)c1-c1ccc2c(c1)c1ccc(C(=O)N3C[C@@H](C)O[C@@H](C)C3)cc1n2CC1CC1. The van der Waals surface area contributed by atoms with E-state index in [1.165, 1.54) is 29.1 Å². The van der Waals surface area contributed by atoms with Crippen molar-refractivity contribution in [2.45, 2.75) is 59.3 Å². The highest BCUT2D eigenvalue weighted by Crippen LogP contribution is 2.38. The van der Waals surface area contributed by atoms with Gasteiger partial charge in [-0.1, -0.05) is 17.3 Å². The first-order valence-electron chi connectivity index (χ1n) is 12.3. The molecule has 1 amide bonds. The van der Waals surface area contributed by atoms with Crippen molar-refractivity contribution in [1.29, 1.82) is 0 Å². The molecule has 2 aliphatic rings. The van der Waals surface area contributed by atoms with Crippen LogP contribution in [0.4, 0.5) is 0 Å². The summed E-state index contributed by atoms with van der Waals surface area (Å²) >= 11 is 0. The highest BCUT2D eigenvalue weighted by molar-refractivity contribution is 6.11. The molecule has 6 heteroatoms. The van der Waals surface area contributed by atoms with Gasteiger partial charge in [-0.25, -0.2) is 0 Å². The van der Waals surface area contributed by atoms with Crippen LogP contribution >= 0.6 is 0 Å². The summed E-state index contributed by atoms with van der Waals surface area (Å²) in [5.74, 6) is 1.64. The second kappa shape index (κ2) is 7.98. The highest BCUT2D eigenvalue weighted by Gasteiger charge is 2.28. The maximum absolute atomic E-state index is 13.4. The summed E-state index contributed by atoms with van der Waals surface area (Å²) in [6.45, 7) is 10.3. The van der Waals surface area contributed by atoms with E-state index in [1.807, 2.05) is 38.7 Å². The lowest BCUT2D eigenvalue weighted by Gasteiger charge is -2.35. The largest absolute Gasteiger partial charge is 0.372 e. The minimum atomic E-state index is 0.0560. The first kappa shape index (κ1) is 21.4. The van der Waals surface area contributed by atoms with Gasteiger partial charge in [-0.3, -0.25) is 4.79 Å². The molecule has 2 atom stereocenters. The van der Waals surface area contributed by atoms with Crippen molar-refractivity contribution in [3.8, 4) is 11.1 Å². The van der Waals surface area contributed by atoms with Crippen LogP contribution in [0, 0.1) is 19.8 Å². The molecule has 1 saturated heterocycles. The molecule has 6 nitrogen and oxygen atoms in total. The Morgan fingerprint density at radius 1 is 1.00 bits per heavy atom. The molecule has 0 N–H and O–H groups in total. The van der Waals surface area contributed by atoms with Gasteiger partial charge in [-0.15, -0.1) is 0 Å². The van der Waals surface area contributed by atoms with Crippen molar-refractivity contribution in [3.63, 3.8) is 0 Å². The number of hydrogen-bond acceptors (Lipinski definition) is 4. The van der Waals surface area contributed by atoms with Gasteiger partial charge in [0.1, 0.15) is 5.76 Å². The topological polar surface area (TPSA) is 60.5 Å². The number of amides is 1. The van der Waals surface area contributed by atoms with Crippen LogP contribution in [-0.2, 0) is 11.3 Å². The van der Waals surface area contributed by atoms with E-state index < -0.39 is 0 Å². The van der Waals surface area contributed by atoms with Crippen LogP contribution in [-0.4, -0.2) is 45.8 Å². The Bertz CT molecular complexity index is 1380. The molecule has 0 bridgehead atoms. The fraction of sp³-hybridized carbons (Fsp3) is 0.429. The van der Waals surface area contributed by atoms with E-state index in [9.17, 15) is 4.79 Å². The monoisotopic (exact) mass is 457 g/mol. The maximum atomic E-state index is 13.4. The van der Waals surface area contributed by atoms with Crippen molar-refractivity contribution in [2.75, 3.05) is 13.1 Å². The Labute approximate surface area is 199 Å². The molecular formula is C28H31N3O3. The number of hydrogen-bond donors (Lipinski definition) is 0. The maximum Gasteiger partial charge on any atom is 0.254 e. The summed E-state index contributed by atoms with van der Waals surface area (Å²) in [6, 6.07) is 12.8. The number of benzene rings is 2. The first-order valence-corrected chi connectivity index (χ1v) is 12.3. The van der Waals surface area contributed by atoms with E-state index in [4.69, 9.17) is 9.26 Å². The molecule has 4 aromatic rings. The molecule has 3 heterocycles. The van der Waals surface area contributed by atoms with Crippen LogP contribution in [0.3, 0.4) is 0 Å². The van der Waals surface area contributed by atoms with Gasteiger partial charge in [0, 0.05) is 52.6 Å². The third-order valence-electron chi connectivity index (χ3n) is 7.28. The Hall–Kier alpha value is -3.12. The number of aromatic nitrogens is 2. The number of aryl methyl sites for hydroxylation is 2. The first-order chi connectivity index (χ1) is 16.4. The minimum absolute atomic E-state index is 0.0560. The van der Waals surface area contributed by atoms with Crippen LogP contribution in [0.5, 0.6) is 0 Å². The molecule has 34 heavy (non-hydrogen) atoms. The minimum Gasteiger partial charge on any atom is -0.372 e. The van der Waals surface area contributed by atoms with E-state index in [0.717, 1.165) is 46.1 Å². The van der Waals surface area contributed by atoms with Gasteiger partial charge in [-0.2, -0.15) is 0 Å². The Balaban J connectivity index is 1.47. The van der Waals surface area contributed by atoms with Gasteiger partial charge in [0.15, 0.2) is 0 Å². The average Bonchev–Trinajstić information content (AvgIpc) is 3.51. The third-order valence-corrected chi connectivity index (χ3v) is 7.28. The second-order valence-electron chi connectivity index (χ2n) is 10.2. The van der Waals surface area contributed by atoms with E-state index in [0.29, 0.717) is 13.1 Å². The molecule has 0 unspecified atom stereocenters. The lowest BCUT2D eigenvalue weighted by atomic mass is 10.0. The zero-order valence-electron chi connectivity index (χ0n) is 20.3. The van der Waals surface area contributed by atoms with Crippen molar-refractivity contribution in [2.24, 2.45) is 5.92 Å². The Kier molecular flexibility index (Phi) is 5.03. The quantitative estimate of drug-likeness (QED) is 0.393. The summed E-state index contributed by atoms with van der Waals surface area (Å²) in [7, 11) is 0. The van der Waals surface area contributed by atoms with Gasteiger partial charge < -0.3 is 18.7 Å². The number of carbonyl (C=O) groups is 1. The van der Waals surface area contributed by atoms with Gasteiger partial charge in [0.05, 0.1) is 17.9 Å². The number of rotatable bonds is 4. The molecule has 0 radical (unpaired) electrons. The molecule has 0 spiro atoms. The smallest absolute Gasteiger partial charge is 0.254 e. The second-order valence-corrected chi connectivity index (χ2v) is 10.2. The number of carbonyl (C=O) groups excluding carboxylic acids is 1. The van der Waals surface area contributed by atoms with Crippen molar-refractivity contribution < 1.29 is 14.1 Å². The van der Waals surface area contributed by atoms with Crippen LogP contribution in [0.2, 0.25) is 0 Å². The number of nitrogens with zero attached hydrogens (tertiary/aromatic N) is 3. The summed E-state index contributed by atoms with van der Waals surface area (Å²) < 4.78 is 13.7. The normalized spacial score (nSPS) is 21.0. The Morgan fingerprint density at radius 2 is 1.76 bits per heavy atom. The molecule has 1 aliphatic carbocycles. The van der Waals surface area contributed by atoms with Crippen LogP contribution < -0.4 is 0 Å². The fourth-order valence-electron chi connectivity index (χ4n) is 5.56. The lowest BCUT2D eigenvalue weighted by molar-refractivity contribution is -0.0586. The number of morpholine rings is 1. The summed E-state index contributed by atoms with van der Waals surface area (Å²) in [5, 5.41) is 6.54. The van der Waals surface area contributed by atoms with Crippen LogP contribution in [0.1, 0.15) is 48.5 Å². The Morgan fingerprint density at radius 3 is 2.44 bits per heavy atom. The summed E-state index contributed by atoms with van der Waals surface area (Å²) in [6.07, 6.45) is 2.67. The standard InChI is InChI=1S/C28H31N3O3/c1-16-13-30(14-17(2)33-16)28(32)22-7-9-23-24-11-21(27-18(3)29-34-19(27)4)8-10-25(24)31(26(23)12-22)15-20-5-6-20/h7-12,16-17,20H,5-6,13-15H2,1-4H3/t16-,17+. The molecule has 2 aromatic heterocycles. The van der Waals surface area contributed by atoms with E-state index in [2.05, 4.69) is 40.1 Å². The number of ether oxygens (including phenoxy) is 1. The number of fused-ring (bicyclic) bond motifs is 3. The van der Waals surface area contributed by atoms with Crippen LogP contribution in [0.15, 0.2) is 40.9 Å². The van der Waals surface area contributed by atoms with Crippen LogP contribution in [0.25, 0.3) is 32.9 Å². The molecule has 2 aromatic carbocycles. The predicted octanol–water partition coefficient (Wildman–Crippen LogP) is 5.73. The van der Waals surface area contributed by atoms with Gasteiger partial charge in [-0.05, 0) is 76.3 Å². The molecule has 176 valence electrons. The molecule has 1 saturated carbocycles. The van der Waals surface area contributed by atoms with Crippen molar-refractivity contribution in [3.05, 3.63) is 53.4 Å². The zero-order valence-corrected chi connectivity index (χ0v) is 20.3. The van der Waals surface area contributed by atoms with Gasteiger partial charge >= 0.3 is 0 Å². The molecule has 2 fully saturated rings. The predicted molar refractivity (Wildman–Crippen MR) is 133 cm³/mol. The third kappa shape index (κ3) is 3.61. The van der Waals surface area contributed by atoms with Gasteiger partial charge in [0.2, 0.25) is 0 Å². The zero-order chi connectivity index (χ0) is 23.6. The average molecular weight is 458 g/mol. The molecule has 1 aliphatic heterocycles. The summed E-state index contributed by atoms with van der Waals surface area (Å²) in [4.78, 5) is 15.4. The van der Waals surface area contributed by atoms with Crippen molar-refractivity contribution >= 4 is 27.7 Å². The van der Waals surface area contributed by atoms with Gasteiger partial charge in [0.25, 0.3) is 5.91 Å². The summed E-state index contributed by atoms with van der Waals surface area (Å²) in [5.41, 5.74) is 6.19. The molecular weight excluding hydrogens is 426 g/mol. The highest BCUT2D eigenvalue weighted by atomic mass is 16.5.